The van der Waals surface area contributed by atoms with Crippen LogP contribution in [0.25, 0.3) is 0 Å². The zero-order chi connectivity index (χ0) is 11.9. The molecule has 2 nitrogen and oxygen atoms in total. The highest BCUT2D eigenvalue weighted by atomic mass is 79.9. The van der Waals surface area contributed by atoms with Crippen molar-refractivity contribution in [1.82, 2.24) is 0 Å². The second-order valence-corrected chi connectivity index (χ2v) is 6.53. The summed E-state index contributed by atoms with van der Waals surface area (Å²) in [7, 11) is -4.62. The zero-order valence-corrected chi connectivity index (χ0v) is 11.1. The van der Waals surface area contributed by atoms with Gasteiger partial charge < -0.3 is 0 Å². The quantitative estimate of drug-likeness (QED) is 0.744. The molecule has 0 N–H and O–H groups in total. The second kappa shape index (κ2) is 3.87. The zero-order valence-electron chi connectivity index (χ0n) is 8.71. The van der Waals surface area contributed by atoms with Crippen molar-refractivity contribution in [3.63, 3.8) is 0 Å². The van der Waals surface area contributed by atoms with Crippen molar-refractivity contribution in [2.24, 2.45) is 0 Å². The van der Waals surface area contributed by atoms with Crippen molar-refractivity contribution in [3.05, 3.63) is 28.2 Å². The molecule has 1 rings (SSSR count). The highest BCUT2D eigenvalue weighted by molar-refractivity contribution is 9.10. The molecule has 15 heavy (non-hydrogen) atoms. The van der Waals surface area contributed by atoms with Gasteiger partial charge in [0.1, 0.15) is 0 Å². The predicted octanol–water partition coefficient (Wildman–Crippen LogP) is 3.40. The molecule has 0 aliphatic heterocycles. The first-order valence-corrected chi connectivity index (χ1v) is 6.55. The Morgan fingerprint density at radius 1 is 1.27 bits per heavy atom. The Morgan fingerprint density at radius 2 is 1.80 bits per heavy atom. The van der Waals surface area contributed by atoms with Gasteiger partial charge in [-0.15, -0.1) is 3.89 Å². The van der Waals surface area contributed by atoms with Gasteiger partial charge in [0.15, 0.2) is 0 Å². The predicted molar refractivity (Wildman–Crippen MR) is 61.1 cm³/mol. The minimum atomic E-state index is -4.62. The summed E-state index contributed by atoms with van der Waals surface area (Å²) in [6.07, 6.45) is 0. The molecule has 0 bridgehead atoms. The Bertz CT molecular complexity index is 475. The molecular formula is C10H12BrFO2S. The first kappa shape index (κ1) is 12.6. The molecule has 5 heteroatoms. The van der Waals surface area contributed by atoms with Crippen LogP contribution in [-0.2, 0) is 15.6 Å². The van der Waals surface area contributed by atoms with Crippen LogP contribution in [0.15, 0.2) is 27.6 Å². The summed E-state index contributed by atoms with van der Waals surface area (Å²) in [5, 5.41) is 0. The van der Waals surface area contributed by atoms with Crippen LogP contribution < -0.4 is 0 Å². The van der Waals surface area contributed by atoms with Gasteiger partial charge in [-0.1, -0.05) is 36.7 Å². The molecule has 0 aliphatic carbocycles. The molecule has 0 radical (unpaired) electrons. The lowest BCUT2D eigenvalue weighted by molar-refractivity contribution is 0.550. The summed E-state index contributed by atoms with van der Waals surface area (Å²) in [5.74, 6) is 0. The van der Waals surface area contributed by atoms with E-state index in [9.17, 15) is 12.3 Å². The van der Waals surface area contributed by atoms with Gasteiger partial charge in [0.05, 0.1) is 4.90 Å². The molecule has 1 aromatic carbocycles. The van der Waals surface area contributed by atoms with Gasteiger partial charge in [0.2, 0.25) is 0 Å². The molecule has 0 aliphatic rings. The third-order valence-electron chi connectivity index (χ3n) is 2.03. The van der Waals surface area contributed by atoms with Crippen LogP contribution in [0, 0.1) is 0 Å². The van der Waals surface area contributed by atoms with E-state index < -0.39 is 10.2 Å². The minimum absolute atomic E-state index is 0.237. The van der Waals surface area contributed by atoms with Gasteiger partial charge in [-0.25, -0.2) is 0 Å². The van der Waals surface area contributed by atoms with E-state index >= 15 is 0 Å². The highest BCUT2D eigenvalue weighted by Crippen LogP contribution is 2.31. The Balaban J connectivity index is 3.43. The summed E-state index contributed by atoms with van der Waals surface area (Å²) in [5.41, 5.74) is 0.528. The summed E-state index contributed by atoms with van der Waals surface area (Å²) < 4.78 is 35.0. The van der Waals surface area contributed by atoms with E-state index in [1.165, 1.54) is 12.1 Å². The minimum Gasteiger partial charge on any atom is -0.189 e. The molecule has 1 aromatic rings. The van der Waals surface area contributed by atoms with Crippen molar-refractivity contribution in [1.29, 1.82) is 0 Å². The molecular weight excluding hydrogens is 283 g/mol. The lowest BCUT2D eigenvalue weighted by atomic mass is 9.87. The van der Waals surface area contributed by atoms with Crippen molar-refractivity contribution in [2.45, 2.75) is 31.1 Å². The van der Waals surface area contributed by atoms with Crippen LogP contribution in [0.2, 0.25) is 0 Å². The highest BCUT2D eigenvalue weighted by Gasteiger charge is 2.21. The van der Waals surface area contributed by atoms with Gasteiger partial charge in [-0.2, -0.15) is 8.42 Å². The first-order chi connectivity index (χ1) is 6.62. The van der Waals surface area contributed by atoms with Crippen LogP contribution in [0.4, 0.5) is 3.89 Å². The smallest absolute Gasteiger partial charge is 0.189 e. The maximum Gasteiger partial charge on any atom is 0.332 e. The number of hydrogen-bond acceptors (Lipinski definition) is 2. The normalized spacial score (nSPS) is 12.9. The Kier molecular flexibility index (Phi) is 3.26. The van der Waals surface area contributed by atoms with E-state index in [4.69, 9.17) is 0 Å². The molecule has 0 saturated carbocycles. The van der Waals surface area contributed by atoms with Gasteiger partial charge in [-0.05, 0) is 29.2 Å². The molecule has 0 unspecified atom stereocenters. The SMILES string of the molecule is CC(C)(C)c1cc(S(=O)(=O)F)ccc1Br. The monoisotopic (exact) mass is 294 g/mol. The number of rotatable bonds is 1. The van der Waals surface area contributed by atoms with Gasteiger partial charge >= 0.3 is 10.2 Å². The summed E-state index contributed by atoms with van der Waals surface area (Å²) in [6.45, 7) is 5.80. The van der Waals surface area contributed by atoms with Crippen LogP contribution in [0.5, 0.6) is 0 Å². The van der Waals surface area contributed by atoms with E-state index in [2.05, 4.69) is 15.9 Å². The van der Waals surface area contributed by atoms with E-state index in [-0.39, 0.29) is 10.3 Å². The molecule has 0 fully saturated rings. The van der Waals surface area contributed by atoms with Gasteiger partial charge in [-0.3, -0.25) is 0 Å². The van der Waals surface area contributed by atoms with Gasteiger partial charge in [0.25, 0.3) is 0 Å². The lowest BCUT2D eigenvalue weighted by Gasteiger charge is -2.21. The van der Waals surface area contributed by atoms with E-state index in [1.807, 2.05) is 20.8 Å². The standard InChI is InChI=1S/C10H12BrFO2S/c1-10(2,3)8-6-7(15(12,13)14)4-5-9(8)11/h4-6H,1-3H3. The summed E-state index contributed by atoms with van der Waals surface area (Å²) in [6, 6.07) is 4.15. The van der Waals surface area contributed by atoms with E-state index in [0.717, 1.165) is 10.0 Å². The van der Waals surface area contributed by atoms with Crippen molar-refractivity contribution in [3.8, 4) is 0 Å². The topological polar surface area (TPSA) is 34.1 Å². The largest absolute Gasteiger partial charge is 0.332 e. The molecule has 0 amide bonds. The maximum absolute atomic E-state index is 12.8. The molecule has 0 atom stereocenters. The second-order valence-electron chi connectivity index (χ2n) is 4.33. The lowest BCUT2D eigenvalue weighted by Crippen LogP contribution is -2.12. The maximum atomic E-state index is 12.8. The molecule has 0 aromatic heterocycles. The number of benzene rings is 1. The molecule has 0 heterocycles. The Morgan fingerprint density at radius 3 is 2.20 bits per heavy atom. The van der Waals surface area contributed by atoms with E-state index in [1.54, 1.807) is 6.07 Å². The summed E-state index contributed by atoms with van der Waals surface area (Å²) >= 11 is 3.32. The van der Waals surface area contributed by atoms with Crippen LogP contribution in [-0.4, -0.2) is 8.42 Å². The van der Waals surface area contributed by atoms with Crippen molar-refractivity contribution >= 4 is 26.2 Å². The fourth-order valence-corrected chi connectivity index (χ4v) is 2.56. The van der Waals surface area contributed by atoms with Crippen LogP contribution in [0.1, 0.15) is 26.3 Å². The first-order valence-electron chi connectivity index (χ1n) is 4.37. The molecule has 84 valence electrons. The van der Waals surface area contributed by atoms with E-state index in [0.29, 0.717) is 0 Å². The number of halogens is 2. The average molecular weight is 295 g/mol. The van der Waals surface area contributed by atoms with Gasteiger partial charge in [0, 0.05) is 4.47 Å². The third kappa shape index (κ3) is 3.01. The van der Waals surface area contributed by atoms with Crippen LogP contribution in [0.3, 0.4) is 0 Å². The van der Waals surface area contributed by atoms with Crippen LogP contribution >= 0.6 is 15.9 Å². The summed E-state index contributed by atoms with van der Waals surface area (Å²) in [4.78, 5) is -0.296. The fraction of sp³-hybridized carbons (Fsp3) is 0.400. The Hall–Kier alpha value is -0.420. The third-order valence-corrected chi connectivity index (χ3v) is 3.54. The van der Waals surface area contributed by atoms with Crippen molar-refractivity contribution in [2.75, 3.05) is 0 Å². The molecule has 0 spiro atoms. The molecule has 0 saturated heterocycles. The average Bonchev–Trinajstić information content (AvgIpc) is 2.00. The van der Waals surface area contributed by atoms with Crippen molar-refractivity contribution < 1.29 is 12.3 Å². The Labute approximate surface area is 97.8 Å². The fourth-order valence-electron chi connectivity index (χ4n) is 1.23. The number of hydrogen-bond donors (Lipinski definition) is 0.